The Balaban J connectivity index is 2.43. The first-order chi connectivity index (χ1) is 9.93. The standard InChI is InChI=1S/C14H14N2O4S/c1-7-10(13(19)20-2)11(16-14(21)15-7)8-3-5-9(6-4-8)12(17)18/h3-6,11H,1-2H3,(H,17,18)(H2,15,16,21)/t11-/m0/s1. The molecule has 0 bridgehead atoms. The molecule has 1 aromatic carbocycles. The first kappa shape index (κ1) is 15.0. The quantitative estimate of drug-likeness (QED) is 0.574. The van der Waals surface area contributed by atoms with Crippen LogP contribution in [0.4, 0.5) is 0 Å². The number of aromatic carboxylic acids is 1. The Labute approximate surface area is 126 Å². The van der Waals surface area contributed by atoms with Crippen molar-refractivity contribution in [3.63, 3.8) is 0 Å². The number of carboxylic acids is 1. The molecule has 110 valence electrons. The molecule has 0 saturated carbocycles. The zero-order chi connectivity index (χ0) is 15.6. The summed E-state index contributed by atoms with van der Waals surface area (Å²) in [6.07, 6.45) is 0. The predicted octanol–water partition coefficient (Wildman–Crippen LogP) is 1.35. The molecule has 1 aliphatic heterocycles. The highest BCUT2D eigenvalue weighted by molar-refractivity contribution is 7.80. The van der Waals surface area contributed by atoms with Gasteiger partial charge in [-0.25, -0.2) is 9.59 Å². The summed E-state index contributed by atoms with van der Waals surface area (Å²) in [5, 5.41) is 15.2. The molecule has 1 aromatic rings. The maximum absolute atomic E-state index is 11.9. The van der Waals surface area contributed by atoms with Crippen molar-refractivity contribution in [3.8, 4) is 0 Å². The third kappa shape index (κ3) is 3.03. The number of carboxylic acid groups (broad SMARTS) is 1. The molecule has 0 saturated heterocycles. The van der Waals surface area contributed by atoms with Crippen LogP contribution in [0.1, 0.15) is 28.9 Å². The number of hydrogen-bond acceptors (Lipinski definition) is 4. The summed E-state index contributed by atoms with van der Waals surface area (Å²) in [4.78, 5) is 22.8. The second-order valence-corrected chi connectivity index (χ2v) is 4.90. The third-order valence-corrected chi connectivity index (χ3v) is 3.39. The monoisotopic (exact) mass is 306 g/mol. The van der Waals surface area contributed by atoms with Gasteiger partial charge in [-0.2, -0.15) is 0 Å². The second-order valence-electron chi connectivity index (χ2n) is 4.49. The van der Waals surface area contributed by atoms with Crippen LogP contribution in [0.15, 0.2) is 35.5 Å². The highest BCUT2D eigenvalue weighted by Crippen LogP contribution is 2.27. The van der Waals surface area contributed by atoms with Gasteiger partial charge in [-0.05, 0) is 36.8 Å². The lowest BCUT2D eigenvalue weighted by Crippen LogP contribution is -2.45. The van der Waals surface area contributed by atoms with Gasteiger partial charge in [0.1, 0.15) is 0 Å². The summed E-state index contributed by atoms with van der Waals surface area (Å²) < 4.78 is 4.79. The lowest BCUT2D eigenvalue weighted by atomic mass is 9.95. The number of esters is 1. The van der Waals surface area contributed by atoms with Gasteiger partial charge >= 0.3 is 11.9 Å². The highest BCUT2D eigenvalue weighted by atomic mass is 32.1. The summed E-state index contributed by atoms with van der Waals surface area (Å²) in [5.74, 6) is -1.47. The molecule has 0 aromatic heterocycles. The molecule has 1 aliphatic rings. The van der Waals surface area contributed by atoms with Gasteiger partial charge in [-0.3, -0.25) is 0 Å². The predicted molar refractivity (Wildman–Crippen MR) is 79.7 cm³/mol. The third-order valence-electron chi connectivity index (χ3n) is 3.17. The van der Waals surface area contributed by atoms with Crippen molar-refractivity contribution in [2.75, 3.05) is 7.11 Å². The number of nitrogens with one attached hydrogen (secondary N) is 2. The Bertz CT molecular complexity index is 637. The van der Waals surface area contributed by atoms with Gasteiger partial charge in [0.15, 0.2) is 5.11 Å². The number of carbonyl (C=O) groups is 2. The number of allylic oxidation sites excluding steroid dienone is 1. The van der Waals surface area contributed by atoms with Crippen LogP contribution < -0.4 is 10.6 Å². The van der Waals surface area contributed by atoms with Crippen molar-refractivity contribution >= 4 is 29.3 Å². The van der Waals surface area contributed by atoms with Crippen molar-refractivity contribution in [1.29, 1.82) is 0 Å². The number of thiocarbonyl (C=S) groups is 1. The zero-order valence-electron chi connectivity index (χ0n) is 11.5. The second kappa shape index (κ2) is 5.92. The van der Waals surface area contributed by atoms with Gasteiger partial charge in [-0.15, -0.1) is 0 Å². The highest BCUT2D eigenvalue weighted by Gasteiger charge is 2.30. The first-order valence-electron chi connectivity index (χ1n) is 6.14. The van der Waals surface area contributed by atoms with E-state index in [4.69, 9.17) is 22.1 Å². The molecule has 2 rings (SSSR count). The van der Waals surface area contributed by atoms with E-state index < -0.39 is 18.0 Å². The van der Waals surface area contributed by atoms with Gasteiger partial charge in [0, 0.05) is 5.70 Å². The molecular weight excluding hydrogens is 292 g/mol. The van der Waals surface area contributed by atoms with Crippen molar-refractivity contribution in [3.05, 3.63) is 46.7 Å². The van der Waals surface area contributed by atoms with Gasteiger partial charge in [-0.1, -0.05) is 12.1 Å². The molecule has 21 heavy (non-hydrogen) atoms. The number of rotatable bonds is 3. The van der Waals surface area contributed by atoms with Crippen LogP contribution in [0.25, 0.3) is 0 Å². The lowest BCUT2D eigenvalue weighted by Gasteiger charge is -2.29. The van der Waals surface area contributed by atoms with Gasteiger partial charge in [0.05, 0.1) is 24.3 Å². The fraction of sp³-hybridized carbons (Fsp3) is 0.214. The number of benzene rings is 1. The Kier molecular flexibility index (Phi) is 4.23. The largest absolute Gasteiger partial charge is 0.478 e. The maximum atomic E-state index is 11.9. The number of carbonyl (C=O) groups excluding carboxylic acids is 1. The Morgan fingerprint density at radius 2 is 1.90 bits per heavy atom. The minimum atomic E-state index is -1.00. The average molecular weight is 306 g/mol. The fourth-order valence-electron chi connectivity index (χ4n) is 2.14. The van der Waals surface area contributed by atoms with E-state index in [-0.39, 0.29) is 5.56 Å². The molecule has 0 radical (unpaired) electrons. The van der Waals surface area contributed by atoms with Gasteiger partial charge in [0.2, 0.25) is 0 Å². The van der Waals surface area contributed by atoms with Crippen LogP contribution in [-0.4, -0.2) is 29.3 Å². The Hall–Kier alpha value is -2.41. The van der Waals surface area contributed by atoms with Crippen LogP contribution >= 0.6 is 12.2 Å². The number of ether oxygens (including phenoxy) is 1. The van der Waals surface area contributed by atoms with E-state index in [2.05, 4.69) is 10.6 Å². The Morgan fingerprint density at radius 1 is 1.29 bits per heavy atom. The summed E-state index contributed by atoms with van der Waals surface area (Å²) in [6.45, 7) is 1.73. The first-order valence-corrected chi connectivity index (χ1v) is 6.54. The molecule has 0 spiro atoms. The van der Waals surface area contributed by atoms with Crippen LogP contribution in [0.3, 0.4) is 0 Å². The van der Waals surface area contributed by atoms with Crippen LogP contribution in [0.5, 0.6) is 0 Å². The van der Waals surface area contributed by atoms with E-state index >= 15 is 0 Å². The lowest BCUT2D eigenvalue weighted by molar-refractivity contribution is -0.136. The molecule has 1 heterocycles. The zero-order valence-corrected chi connectivity index (χ0v) is 12.3. The summed E-state index contributed by atoms with van der Waals surface area (Å²) in [6, 6.07) is 5.77. The smallest absolute Gasteiger partial charge is 0.337 e. The molecule has 0 amide bonds. The van der Waals surface area contributed by atoms with Gasteiger partial charge < -0.3 is 20.5 Å². The van der Waals surface area contributed by atoms with Crippen LogP contribution in [0.2, 0.25) is 0 Å². The van der Waals surface area contributed by atoms with Crippen molar-refractivity contribution in [1.82, 2.24) is 10.6 Å². The molecule has 0 aliphatic carbocycles. The summed E-state index contributed by atoms with van der Waals surface area (Å²) >= 11 is 5.10. The normalized spacial score (nSPS) is 17.8. The fourth-order valence-corrected chi connectivity index (χ4v) is 2.41. The SMILES string of the molecule is COC(=O)C1=C(C)NC(=S)N[C@H]1c1ccc(C(=O)O)cc1. The van der Waals surface area contributed by atoms with Crippen LogP contribution in [-0.2, 0) is 9.53 Å². The van der Waals surface area contributed by atoms with E-state index in [0.29, 0.717) is 16.4 Å². The molecule has 1 atom stereocenters. The van der Waals surface area contributed by atoms with Crippen molar-refractivity contribution in [2.24, 2.45) is 0 Å². The molecule has 6 nitrogen and oxygen atoms in total. The minimum Gasteiger partial charge on any atom is -0.478 e. The molecule has 3 N–H and O–H groups in total. The molecule has 7 heteroatoms. The van der Waals surface area contributed by atoms with Crippen molar-refractivity contribution < 1.29 is 19.4 Å². The van der Waals surface area contributed by atoms with Crippen LogP contribution in [0, 0.1) is 0 Å². The molecule has 0 fully saturated rings. The number of hydrogen-bond donors (Lipinski definition) is 3. The maximum Gasteiger partial charge on any atom is 0.337 e. The summed E-state index contributed by atoms with van der Waals surface area (Å²) in [7, 11) is 1.31. The topological polar surface area (TPSA) is 87.7 Å². The molecular formula is C14H14N2O4S. The Morgan fingerprint density at radius 3 is 2.43 bits per heavy atom. The number of methoxy groups -OCH3 is 1. The molecule has 0 unspecified atom stereocenters. The van der Waals surface area contributed by atoms with Gasteiger partial charge in [0.25, 0.3) is 0 Å². The van der Waals surface area contributed by atoms with E-state index in [1.807, 2.05) is 0 Å². The minimum absolute atomic E-state index is 0.176. The summed E-state index contributed by atoms with van der Waals surface area (Å²) in [5.41, 5.74) is 1.92. The van der Waals surface area contributed by atoms with E-state index in [1.165, 1.54) is 19.2 Å². The van der Waals surface area contributed by atoms with E-state index in [1.54, 1.807) is 19.1 Å². The van der Waals surface area contributed by atoms with Crippen molar-refractivity contribution in [2.45, 2.75) is 13.0 Å². The van der Waals surface area contributed by atoms with E-state index in [9.17, 15) is 9.59 Å². The average Bonchev–Trinajstić information content (AvgIpc) is 2.45. The van der Waals surface area contributed by atoms with E-state index in [0.717, 1.165) is 5.56 Å².